The molecule has 3 aromatic rings. The van der Waals surface area contributed by atoms with E-state index in [-0.39, 0.29) is 0 Å². The molecule has 0 fully saturated rings. The number of fused-ring (bicyclic) bond motifs is 1. The Morgan fingerprint density at radius 1 is 0.586 bits per heavy atom. The third-order valence-corrected chi connectivity index (χ3v) is 5.76. The van der Waals surface area contributed by atoms with Crippen molar-refractivity contribution in [2.24, 2.45) is 0 Å². The number of aryl methyl sites for hydroxylation is 2. The van der Waals surface area contributed by atoms with E-state index in [1.54, 1.807) is 0 Å². The van der Waals surface area contributed by atoms with Crippen molar-refractivity contribution in [1.29, 1.82) is 0 Å². The maximum atomic E-state index is 4.63. The van der Waals surface area contributed by atoms with E-state index in [0.29, 0.717) is 0 Å². The van der Waals surface area contributed by atoms with Gasteiger partial charge in [-0.2, -0.15) is 0 Å². The van der Waals surface area contributed by atoms with Crippen molar-refractivity contribution in [3.8, 4) is 11.4 Å². The number of hydrogen-bond acceptors (Lipinski definition) is 2. The molecule has 0 amide bonds. The standard InChI is InChI=1S/C27H36N2/c1-3-5-7-9-11-12-22-14-15-25-19-26(17-16-24(25)18-22)27-28-20-23(21-29-27)13-10-8-6-4-2/h14-21H,3-13H2,1-2H3. The Bertz CT molecular complexity index is 867. The maximum absolute atomic E-state index is 4.63. The summed E-state index contributed by atoms with van der Waals surface area (Å²) in [5.74, 6) is 0.823. The van der Waals surface area contributed by atoms with Gasteiger partial charge in [0.2, 0.25) is 0 Å². The molecule has 0 radical (unpaired) electrons. The molecular weight excluding hydrogens is 352 g/mol. The van der Waals surface area contributed by atoms with E-state index in [4.69, 9.17) is 0 Å². The SMILES string of the molecule is CCCCCCCc1ccc2cc(-c3ncc(CCCCCC)cn3)ccc2c1. The molecule has 154 valence electrons. The van der Waals surface area contributed by atoms with Gasteiger partial charge >= 0.3 is 0 Å². The Morgan fingerprint density at radius 2 is 1.17 bits per heavy atom. The van der Waals surface area contributed by atoms with E-state index in [1.165, 1.54) is 86.1 Å². The highest BCUT2D eigenvalue weighted by Crippen LogP contribution is 2.24. The zero-order valence-corrected chi connectivity index (χ0v) is 18.3. The second kappa shape index (κ2) is 11.7. The molecule has 2 aromatic carbocycles. The Morgan fingerprint density at radius 3 is 1.90 bits per heavy atom. The van der Waals surface area contributed by atoms with Crippen LogP contribution in [0.15, 0.2) is 48.8 Å². The van der Waals surface area contributed by atoms with Crippen LogP contribution in [0, 0.1) is 0 Å². The van der Waals surface area contributed by atoms with Crippen LogP contribution in [0.4, 0.5) is 0 Å². The van der Waals surface area contributed by atoms with Gasteiger partial charge in [0, 0.05) is 18.0 Å². The predicted octanol–water partition coefficient (Wildman–Crippen LogP) is 7.93. The number of hydrogen-bond donors (Lipinski definition) is 0. The van der Waals surface area contributed by atoms with Crippen LogP contribution in [0.3, 0.4) is 0 Å². The summed E-state index contributed by atoms with van der Waals surface area (Å²) >= 11 is 0. The highest BCUT2D eigenvalue weighted by Gasteiger charge is 2.05. The normalized spacial score (nSPS) is 11.2. The van der Waals surface area contributed by atoms with E-state index in [9.17, 15) is 0 Å². The van der Waals surface area contributed by atoms with Crippen molar-refractivity contribution in [3.05, 3.63) is 59.9 Å². The predicted molar refractivity (Wildman–Crippen MR) is 125 cm³/mol. The second-order valence-corrected chi connectivity index (χ2v) is 8.29. The van der Waals surface area contributed by atoms with E-state index in [2.05, 4.69) is 60.2 Å². The Hall–Kier alpha value is -2.22. The fourth-order valence-corrected chi connectivity index (χ4v) is 3.91. The molecule has 2 nitrogen and oxygen atoms in total. The molecule has 0 aliphatic heterocycles. The summed E-state index contributed by atoms with van der Waals surface area (Å²) in [5, 5.41) is 2.58. The first-order chi connectivity index (χ1) is 14.3. The van der Waals surface area contributed by atoms with Gasteiger partial charge in [0.1, 0.15) is 0 Å². The van der Waals surface area contributed by atoms with Crippen molar-refractivity contribution in [1.82, 2.24) is 9.97 Å². The molecule has 0 N–H and O–H groups in total. The van der Waals surface area contributed by atoms with Gasteiger partial charge < -0.3 is 0 Å². The van der Waals surface area contributed by atoms with E-state index in [0.717, 1.165) is 17.8 Å². The molecule has 0 aliphatic carbocycles. The third kappa shape index (κ3) is 6.66. The second-order valence-electron chi connectivity index (χ2n) is 8.29. The van der Waals surface area contributed by atoms with Gasteiger partial charge in [0.15, 0.2) is 5.82 Å². The lowest BCUT2D eigenvalue weighted by molar-refractivity contribution is 0.632. The molecule has 3 rings (SSSR count). The number of nitrogens with zero attached hydrogens (tertiary/aromatic N) is 2. The van der Waals surface area contributed by atoms with Crippen LogP contribution in [0.25, 0.3) is 22.2 Å². The van der Waals surface area contributed by atoms with E-state index in [1.807, 2.05) is 12.4 Å². The average molecular weight is 389 g/mol. The lowest BCUT2D eigenvalue weighted by Crippen LogP contribution is -1.93. The van der Waals surface area contributed by atoms with Crippen molar-refractivity contribution in [2.45, 2.75) is 84.5 Å². The topological polar surface area (TPSA) is 25.8 Å². The van der Waals surface area contributed by atoms with Gasteiger partial charge in [-0.25, -0.2) is 9.97 Å². The van der Waals surface area contributed by atoms with Crippen molar-refractivity contribution in [3.63, 3.8) is 0 Å². The fourth-order valence-electron chi connectivity index (χ4n) is 3.91. The summed E-state index contributed by atoms with van der Waals surface area (Å²) in [5.41, 5.74) is 3.79. The molecule has 1 aromatic heterocycles. The average Bonchev–Trinajstić information content (AvgIpc) is 2.76. The summed E-state index contributed by atoms with van der Waals surface area (Å²) in [6.45, 7) is 4.52. The molecule has 0 bridgehead atoms. The Labute approximate surface area is 176 Å². The smallest absolute Gasteiger partial charge is 0.159 e. The van der Waals surface area contributed by atoms with Crippen LogP contribution < -0.4 is 0 Å². The number of aromatic nitrogens is 2. The molecule has 0 spiro atoms. The Balaban J connectivity index is 1.61. The fraction of sp³-hybridized carbons (Fsp3) is 0.481. The molecule has 2 heteroatoms. The van der Waals surface area contributed by atoms with Gasteiger partial charge in [0.25, 0.3) is 0 Å². The Kier molecular flexibility index (Phi) is 8.67. The maximum Gasteiger partial charge on any atom is 0.159 e. The van der Waals surface area contributed by atoms with Gasteiger partial charge in [-0.15, -0.1) is 0 Å². The number of benzene rings is 2. The van der Waals surface area contributed by atoms with Gasteiger partial charge in [-0.05, 0) is 53.6 Å². The number of rotatable bonds is 12. The van der Waals surface area contributed by atoms with Gasteiger partial charge in [-0.1, -0.05) is 89.1 Å². The first-order valence-corrected chi connectivity index (χ1v) is 11.6. The van der Waals surface area contributed by atoms with Crippen LogP contribution in [-0.4, -0.2) is 9.97 Å². The minimum atomic E-state index is 0.823. The minimum absolute atomic E-state index is 0.823. The lowest BCUT2D eigenvalue weighted by atomic mass is 10.0. The van der Waals surface area contributed by atoms with E-state index < -0.39 is 0 Å². The van der Waals surface area contributed by atoms with Crippen molar-refractivity contribution < 1.29 is 0 Å². The molecule has 0 unspecified atom stereocenters. The van der Waals surface area contributed by atoms with Crippen LogP contribution >= 0.6 is 0 Å². The summed E-state index contributed by atoms with van der Waals surface area (Å²) in [7, 11) is 0. The first kappa shape index (κ1) is 21.5. The molecule has 0 aliphatic rings. The highest BCUT2D eigenvalue weighted by molar-refractivity contribution is 5.87. The van der Waals surface area contributed by atoms with Crippen LogP contribution in [-0.2, 0) is 12.8 Å². The van der Waals surface area contributed by atoms with Gasteiger partial charge in [0.05, 0.1) is 0 Å². The molecule has 0 saturated heterocycles. The molecule has 1 heterocycles. The van der Waals surface area contributed by atoms with Crippen LogP contribution in [0.5, 0.6) is 0 Å². The molecular formula is C27H36N2. The largest absolute Gasteiger partial charge is 0.236 e. The van der Waals surface area contributed by atoms with Gasteiger partial charge in [-0.3, -0.25) is 0 Å². The zero-order chi connectivity index (χ0) is 20.3. The molecule has 0 saturated carbocycles. The summed E-state index contributed by atoms with van der Waals surface area (Å²) in [6, 6.07) is 13.5. The summed E-state index contributed by atoms with van der Waals surface area (Å²) in [6.07, 6.45) is 18.1. The van der Waals surface area contributed by atoms with Crippen LogP contribution in [0.1, 0.15) is 82.8 Å². The van der Waals surface area contributed by atoms with Crippen molar-refractivity contribution in [2.75, 3.05) is 0 Å². The minimum Gasteiger partial charge on any atom is -0.236 e. The lowest BCUT2D eigenvalue weighted by Gasteiger charge is -2.07. The first-order valence-electron chi connectivity index (χ1n) is 11.6. The number of unbranched alkanes of at least 4 members (excludes halogenated alkanes) is 7. The molecule has 29 heavy (non-hydrogen) atoms. The monoisotopic (exact) mass is 388 g/mol. The van der Waals surface area contributed by atoms with Crippen LogP contribution in [0.2, 0.25) is 0 Å². The van der Waals surface area contributed by atoms with Crippen molar-refractivity contribution >= 4 is 10.8 Å². The third-order valence-electron chi connectivity index (χ3n) is 5.76. The molecule has 0 atom stereocenters. The summed E-state index contributed by atoms with van der Waals surface area (Å²) < 4.78 is 0. The quantitative estimate of drug-likeness (QED) is 0.294. The highest BCUT2D eigenvalue weighted by atomic mass is 14.9. The van der Waals surface area contributed by atoms with E-state index >= 15 is 0 Å². The summed E-state index contributed by atoms with van der Waals surface area (Å²) in [4.78, 5) is 9.25. The zero-order valence-electron chi connectivity index (χ0n) is 18.3.